The van der Waals surface area contributed by atoms with E-state index >= 15 is 0 Å². The van der Waals surface area contributed by atoms with E-state index in [-0.39, 0.29) is 28.9 Å². The average molecular weight is 544 g/mol. The van der Waals surface area contributed by atoms with Crippen LogP contribution in [0.5, 0.6) is 0 Å². The van der Waals surface area contributed by atoms with E-state index in [4.69, 9.17) is 4.74 Å². The Labute approximate surface area is 204 Å². The lowest BCUT2D eigenvalue weighted by Crippen LogP contribution is -2.31. The second-order valence-corrected chi connectivity index (χ2v) is 8.16. The van der Waals surface area contributed by atoms with Crippen molar-refractivity contribution in [2.24, 2.45) is 0 Å². The fraction of sp³-hybridized carbons (Fsp3) is 0.130. The number of fused-ring (bicyclic) bond motifs is 1. The monoisotopic (exact) mass is 543 g/mol. The molecule has 1 amide bonds. The predicted octanol–water partition coefficient (Wildman–Crippen LogP) is 3.88. The highest BCUT2D eigenvalue weighted by Gasteiger charge is 2.20. The maximum absolute atomic E-state index is 13.5. The van der Waals surface area contributed by atoms with Gasteiger partial charge in [0.25, 0.3) is 12.0 Å². The summed E-state index contributed by atoms with van der Waals surface area (Å²) in [6.07, 6.45) is -0.614. The molecule has 35 heavy (non-hydrogen) atoms. The smallest absolute Gasteiger partial charge is 0.341 e. The van der Waals surface area contributed by atoms with Gasteiger partial charge >= 0.3 is 5.97 Å². The number of ether oxygens (including phenoxy) is 1. The molecule has 2 heterocycles. The number of carbonyl (C=O) groups excluding carboxylic acids is 2. The highest BCUT2D eigenvalue weighted by molar-refractivity contribution is 9.10. The van der Waals surface area contributed by atoms with Gasteiger partial charge in [0.1, 0.15) is 18.8 Å². The van der Waals surface area contributed by atoms with E-state index in [1.165, 1.54) is 30.6 Å². The molecule has 0 aliphatic carbocycles. The fourth-order valence-electron chi connectivity index (χ4n) is 3.16. The normalized spacial score (nSPS) is 11.0. The molecule has 2 aromatic heterocycles. The number of carbonyl (C=O) groups is 2. The number of alkyl halides is 2. The summed E-state index contributed by atoms with van der Waals surface area (Å²) in [5, 5.41) is 6.01. The maximum Gasteiger partial charge on any atom is 0.341 e. The van der Waals surface area contributed by atoms with Crippen molar-refractivity contribution in [2.45, 2.75) is 19.6 Å². The van der Waals surface area contributed by atoms with Gasteiger partial charge in [0.05, 0.1) is 10.9 Å². The molecule has 4 rings (SSSR count). The molecule has 0 saturated carbocycles. The first kappa shape index (κ1) is 24.1. The summed E-state index contributed by atoms with van der Waals surface area (Å²) in [6, 6.07) is 13.4. The van der Waals surface area contributed by atoms with Gasteiger partial charge in [0.15, 0.2) is 0 Å². The summed E-state index contributed by atoms with van der Waals surface area (Å²) in [5.41, 5.74) is -0.447. The number of hydrogen-bond donors (Lipinski definition) is 1. The second kappa shape index (κ2) is 10.5. The van der Waals surface area contributed by atoms with E-state index in [0.29, 0.717) is 9.15 Å². The van der Waals surface area contributed by atoms with E-state index in [0.717, 1.165) is 5.56 Å². The molecule has 0 atom stereocenters. The van der Waals surface area contributed by atoms with Gasteiger partial charge in [-0.05, 0) is 17.7 Å². The predicted molar refractivity (Wildman–Crippen MR) is 125 cm³/mol. The Morgan fingerprint density at radius 2 is 1.77 bits per heavy atom. The van der Waals surface area contributed by atoms with E-state index in [2.05, 4.69) is 36.3 Å². The van der Waals surface area contributed by atoms with Gasteiger partial charge in [0.2, 0.25) is 11.9 Å². The van der Waals surface area contributed by atoms with Gasteiger partial charge < -0.3 is 4.74 Å². The lowest BCUT2D eigenvalue weighted by Gasteiger charge is -2.11. The molecule has 9 nitrogen and oxygen atoms in total. The zero-order chi connectivity index (χ0) is 24.9. The van der Waals surface area contributed by atoms with E-state index < -0.39 is 36.1 Å². The molecule has 0 bridgehead atoms. The summed E-state index contributed by atoms with van der Waals surface area (Å²) in [5.74, 6) is -1.57. The lowest BCUT2D eigenvalue weighted by molar-refractivity contribution is -0.117. The number of rotatable bonds is 7. The highest BCUT2D eigenvalue weighted by Crippen LogP contribution is 2.25. The van der Waals surface area contributed by atoms with Gasteiger partial charge in [-0.2, -0.15) is 5.10 Å². The Bertz CT molecular complexity index is 1450. The van der Waals surface area contributed by atoms with Crippen molar-refractivity contribution in [3.8, 4) is 0 Å². The van der Waals surface area contributed by atoms with Crippen LogP contribution in [0.2, 0.25) is 0 Å². The third-order valence-corrected chi connectivity index (χ3v) is 5.30. The number of benzene rings is 2. The van der Waals surface area contributed by atoms with Crippen LogP contribution in [-0.2, 0) is 22.7 Å². The minimum Gasteiger partial charge on any atom is -0.457 e. The molecule has 0 fully saturated rings. The van der Waals surface area contributed by atoms with Gasteiger partial charge in [0, 0.05) is 22.3 Å². The van der Waals surface area contributed by atoms with Crippen LogP contribution in [0, 0.1) is 0 Å². The van der Waals surface area contributed by atoms with Gasteiger partial charge in [-0.3, -0.25) is 14.9 Å². The van der Waals surface area contributed by atoms with Crippen LogP contribution < -0.4 is 10.9 Å². The fourth-order valence-corrected chi connectivity index (χ4v) is 3.52. The first-order valence-electron chi connectivity index (χ1n) is 10.1. The summed E-state index contributed by atoms with van der Waals surface area (Å²) in [4.78, 5) is 45.0. The minimum atomic E-state index is -2.95. The first-order valence-corrected chi connectivity index (χ1v) is 10.9. The zero-order valence-electron chi connectivity index (χ0n) is 17.8. The van der Waals surface area contributed by atoms with Crippen LogP contribution in [0.3, 0.4) is 0 Å². The largest absolute Gasteiger partial charge is 0.457 e. The molecule has 0 saturated heterocycles. The molecular weight excluding hydrogens is 528 g/mol. The van der Waals surface area contributed by atoms with E-state index in [1.807, 2.05) is 18.2 Å². The highest BCUT2D eigenvalue weighted by atomic mass is 79.9. The SMILES string of the molecule is O=C(Cn1nc(C(F)F)c2ccc(Br)cc2c1=O)Nc1ncc(C(=O)OCc2ccccc2)cn1. The number of aromatic nitrogens is 4. The van der Waals surface area contributed by atoms with Gasteiger partial charge in [-0.1, -0.05) is 52.3 Å². The Hall–Kier alpha value is -4.06. The summed E-state index contributed by atoms with van der Waals surface area (Å²) >= 11 is 3.20. The average Bonchev–Trinajstić information content (AvgIpc) is 2.85. The van der Waals surface area contributed by atoms with Crippen molar-refractivity contribution < 1.29 is 23.1 Å². The Balaban J connectivity index is 1.44. The number of hydrogen-bond acceptors (Lipinski definition) is 7. The first-order chi connectivity index (χ1) is 16.8. The summed E-state index contributed by atoms with van der Waals surface area (Å²) in [6.45, 7) is -0.575. The van der Waals surface area contributed by atoms with Gasteiger partial charge in [-0.15, -0.1) is 0 Å². The molecule has 0 radical (unpaired) electrons. The van der Waals surface area contributed by atoms with Crippen LogP contribution in [0.1, 0.15) is 28.0 Å². The molecule has 1 N–H and O–H groups in total. The van der Waals surface area contributed by atoms with Crippen molar-refractivity contribution in [1.29, 1.82) is 0 Å². The van der Waals surface area contributed by atoms with Crippen molar-refractivity contribution in [2.75, 3.05) is 5.32 Å². The third kappa shape index (κ3) is 5.72. The van der Waals surface area contributed by atoms with Crippen LogP contribution in [0.25, 0.3) is 10.8 Å². The Kier molecular flexibility index (Phi) is 7.20. The lowest BCUT2D eigenvalue weighted by atomic mass is 10.1. The molecule has 0 aliphatic heterocycles. The minimum absolute atomic E-state index is 0.00271. The molecule has 0 spiro atoms. The van der Waals surface area contributed by atoms with Gasteiger partial charge in [-0.25, -0.2) is 28.2 Å². The number of amides is 1. The summed E-state index contributed by atoms with van der Waals surface area (Å²) < 4.78 is 33.4. The van der Waals surface area contributed by atoms with E-state index in [9.17, 15) is 23.2 Å². The number of anilines is 1. The van der Waals surface area contributed by atoms with Crippen LogP contribution in [-0.4, -0.2) is 31.6 Å². The van der Waals surface area contributed by atoms with E-state index in [1.54, 1.807) is 12.1 Å². The molecular formula is C23H16BrF2N5O4. The number of nitrogens with one attached hydrogen (secondary N) is 1. The van der Waals surface area contributed by atoms with Crippen LogP contribution in [0.15, 0.2) is 70.2 Å². The van der Waals surface area contributed by atoms with Crippen LogP contribution >= 0.6 is 15.9 Å². The molecule has 4 aromatic rings. The zero-order valence-corrected chi connectivity index (χ0v) is 19.4. The Morgan fingerprint density at radius 1 is 1.06 bits per heavy atom. The topological polar surface area (TPSA) is 116 Å². The quantitative estimate of drug-likeness (QED) is 0.351. The van der Waals surface area contributed by atoms with Crippen molar-refractivity contribution >= 4 is 44.5 Å². The number of esters is 1. The third-order valence-electron chi connectivity index (χ3n) is 4.80. The molecule has 2 aromatic carbocycles. The molecule has 0 aliphatic rings. The number of nitrogens with zero attached hydrogens (tertiary/aromatic N) is 4. The Morgan fingerprint density at radius 3 is 2.46 bits per heavy atom. The molecule has 12 heteroatoms. The maximum atomic E-state index is 13.5. The van der Waals surface area contributed by atoms with Crippen molar-refractivity contribution in [1.82, 2.24) is 19.7 Å². The molecule has 178 valence electrons. The molecule has 0 unspecified atom stereocenters. The summed E-state index contributed by atoms with van der Waals surface area (Å²) in [7, 11) is 0. The van der Waals surface area contributed by atoms with Crippen molar-refractivity contribution in [3.05, 3.63) is 92.6 Å². The van der Waals surface area contributed by atoms with Crippen LogP contribution in [0.4, 0.5) is 14.7 Å². The van der Waals surface area contributed by atoms with Crippen molar-refractivity contribution in [3.63, 3.8) is 0 Å². The number of halogens is 3. The second-order valence-electron chi connectivity index (χ2n) is 7.24. The standard InChI is InChI=1S/C23H16BrF2N5O4/c24-15-6-7-16-17(8-15)21(33)31(30-19(16)20(25)26)11-18(32)29-23-27-9-14(10-28-23)22(34)35-12-13-4-2-1-3-5-13/h1-10,20H,11-12H2,(H,27,28,29,32).